The average Bonchev–Trinajstić information content (AvgIpc) is 2.64. The summed E-state index contributed by atoms with van der Waals surface area (Å²) in [4.78, 5) is 18.3. The molecule has 0 aliphatic heterocycles. The van der Waals surface area contributed by atoms with Crippen LogP contribution >= 0.6 is 0 Å². The second-order valence-corrected chi connectivity index (χ2v) is 5.16. The van der Waals surface area contributed by atoms with Gasteiger partial charge in [0, 0.05) is 6.07 Å². The van der Waals surface area contributed by atoms with Crippen LogP contribution in [0, 0.1) is 21.7 Å². The van der Waals surface area contributed by atoms with Gasteiger partial charge in [0.25, 0.3) is 0 Å². The molecule has 8 nitrogen and oxygen atoms in total. The first-order valence-corrected chi connectivity index (χ1v) is 7.51. The van der Waals surface area contributed by atoms with Gasteiger partial charge < -0.3 is 14.8 Å². The highest BCUT2D eigenvalue weighted by molar-refractivity contribution is 5.69. The fraction of sp³-hybridized carbons (Fsp3) is 0.0588. The molecule has 0 saturated carbocycles. The van der Waals surface area contributed by atoms with Gasteiger partial charge in [0.05, 0.1) is 17.7 Å². The summed E-state index contributed by atoms with van der Waals surface area (Å²) in [5, 5.41) is 14.0. The van der Waals surface area contributed by atoms with E-state index in [2.05, 4.69) is 15.3 Å². The summed E-state index contributed by atoms with van der Waals surface area (Å²) in [5.74, 6) is -1.50. The van der Waals surface area contributed by atoms with Crippen molar-refractivity contribution < 1.29 is 23.2 Å². The summed E-state index contributed by atoms with van der Waals surface area (Å²) in [6.07, 6.45) is 1.02. The van der Waals surface area contributed by atoms with Crippen LogP contribution in [0.2, 0.25) is 0 Å². The zero-order valence-electron chi connectivity index (χ0n) is 13.8. The van der Waals surface area contributed by atoms with Crippen LogP contribution in [0.3, 0.4) is 0 Å². The van der Waals surface area contributed by atoms with E-state index in [1.54, 1.807) is 12.1 Å². The summed E-state index contributed by atoms with van der Waals surface area (Å²) in [6.45, 7) is 0. The third kappa shape index (κ3) is 4.06. The molecule has 27 heavy (non-hydrogen) atoms. The molecule has 2 aromatic carbocycles. The Kier molecular flexibility index (Phi) is 5.06. The predicted molar refractivity (Wildman–Crippen MR) is 91.4 cm³/mol. The Hall–Kier alpha value is -3.82. The van der Waals surface area contributed by atoms with Gasteiger partial charge in [-0.25, -0.2) is 13.8 Å². The normalized spacial score (nSPS) is 10.3. The molecule has 0 unspecified atom stereocenters. The number of ether oxygens (including phenoxy) is 2. The van der Waals surface area contributed by atoms with Crippen LogP contribution in [0.15, 0.2) is 48.8 Å². The van der Waals surface area contributed by atoms with Crippen LogP contribution in [0.5, 0.6) is 17.4 Å². The summed E-state index contributed by atoms with van der Waals surface area (Å²) in [6, 6.07) is 9.04. The molecule has 10 heteroatoms. The molecule has 1 heterocycles. The Labute approximate surface area is 151 Å². The number of aromatic nitrogens is 2. The number of hydrogen-bond donors (Lipinski definition) is 1. The van der Waals surface area contributed by atoms with Crippen LogP contribution in [0.25, 0.3) is 0 Å². The van der Waals surface area contributed by atoms with E-state index < -0.39 is 22.2 Å². The van der Waals surface area contributed by atoms with E-state index in [0.29, 0.717) is 11.8 Å². The maximum Gasteiger partial charge on any atom is 0.373 e. The van der Waals surface area contributed by atoms with Crippen molar-refractivity contribution in [1.29, 1.82) is 0 Å². The second kappa shape index (κ2) is 7.60. The highest BCUT2D eigenvalue weighted by atomic mass is 19.1. The van der Waals surface area contributed by atoms with Crippen molar-refractivity contribution in [2.24, 2.45) is 0 Å². The fourth-order valence-electron chi connectivity index (χ4n) is 2.17. The Bertz CT molecular complexity index is 983. The zero-order chi connectivity index (χ0) is 19.4. The Morgan fingerprint density at radius 3 is 2.41 bits per heavy atom. The first-order chi connectivity index (χ1) is 13.0. The van der Waals surface area contributed by atoms with Crippen molar-refractivity contribution >= 4 is 17.2 Å². The summed E-state index contributed by atoms with van der Waals surface area (Å²) in [7, 11) is 1.50. The Morgan fingerprint density at radius 2 is 1.78 bits per heavy atom. The van der Waals surface area contributed by atoms with E-state index in [1.165, 1.54) is 19.2 Å². The minimum atomic E-state index is -0.930. The fourth-order valence-corrected chi connectivity index (χ4v) is 2.17. The van der Waals surface area contributed by atoms with Crippen molar-refractivity contribution in [2.45, 2.75) is 0 Å². The molecule has 1 N–H and O–H groups in total. The van der Waals surface area contributed by atoms with Gasteiger partial charge in [0.15, 0.2) is 0 Å². The molecule has 0 bridgehead atoms. The minimum Gasteiger partial charge on any atom is -0.497 e. The van der Waals surface area contributed by atoms with Gasteiger partial charge in [-0.05, 0) is 36.4 Å². The average molecular weight is 374 g/mol. The topological polar surface area (TPSA) is 99.4 Å². The summed E-state index contributed by atoms with van der Waals surface area (Å²) >= 11 is 0. The van der Waals surface area contributed by atoms with Crippen molar-refractivity contribution in [3.05, 3.63) is 70.5 Å². The second-order valence-electron chi connectivity index (χ2n) is 5.16. The molecule has 0 atom stereocenters. The number of halogens is 2. The van der Waals surface area contributed by atoms with Crippen molar-refractivity contribution in [1.82, 2.24) is 9.97 Å². The van der Waals surface area contributed by atoms with Crippen LogP contribution in [0.1, 0.15) is 0 Å². The quantitative estimate of drug-likeness (QED) is 0.510. The lowest BCUT2D eigenvalue weighted by Gasteiger charge is -2.10. The van der Waals surface area contributed by atoms with Gasteiger partial charge in [-0.3, -0.25) is 10.1 Å². The molecular formula is C17H12F2N4O4. The molecule has 0 spiro atoms. The largest absolute Gasteiger partial charge is 0.497 e. The molecule has 0 aliphatic carbocycles. The Morgan fingerprint density at radius 1 is 1.07 bits per heavy atom. The number of benzene rings is 2. The number of nitrogens with one attached hydrogen (secondary N) is 1. The van der Waals surface area contributed by atoms with E-state index in [9.17, 15) is 18.9 Å². The number of methoxy groups -OCH3 is 1. The van der Waals surface area contributed by atoms with Crippen LogP contribution in [-0.2, 0) is 0 Å². The van der Waals surface area contributed by atoms with E-state index in [1.807, 2.05) is 0 Å². The highest BCUT2D eigenvalue weighted by Crippen LogP contribution is 2.36. The van der Waals surface area contributed by atoms with E-state index in [4.69, 9.17) is 9.47 Å². The third-order valence-corrected chi connectivity index (χ3v) is 3.43. The van der Waals surface area contributed by atoms with Gasteiger partial charge in [-0.15, -0.1) is 0 Å². The van der Waals surface area contributed by atoms with Crippen LogP contribution < -0.4 is 14.8 Å². The first kappa shape index (κ1) is 18.0. The molecule has 0 amide bonds. The number of hydrogen-bond acceptors (Lipinski definition) is 7. The first-order valence-electron chi connectivity index (χ1n) is 7.51. The Balaban J connectivity index is 1.95. The van der Waals surface area contributed by atoms with Crippen LogP contribution in [-0.4, -0.2) is 22.0 Å². The lowest BCUT2D eigenvalue weighted by atomic mass is 10.3. The SMILES string of the molecule is COc1ccc(Oc2ncnc(Nc3ccc(F)cc3F)c2[N+](=O)[O-])cc1. The van der Waals surface area contributed by atoms with E-state index in [0.717, 1.165) is 18.5 Å². The molecule has 138 valence electrons. The van der Waals surface area contributed by atoms with Crippen molar-refractivity contribution in [2.75, 3.05) is 12.4 Å². The third-order valence-electron chi connectivity index (χ3n) is 3.43. The van der Waals surface area contributed by atoms with Gasteiger partial charge >= 0.3 is 11.6 Å². The number of anilines is 2. The highest BCUT2D eigenvalue weighted by Gasteiger charge is 2.26. The number of nitrogens with zero attached hydrogens (tertiary/aromatic N) is 3. The molecule has 0 saturated heterocycles. The van der Waals surface area contributed by atoms with Gasteiger partial charge in [0.2, 0.25) is 5.82 Å². The lowest BCUT2D eigenvalue weighted by Crippen LogP contribution is -2.04. The maximum absolute atomic E-state index is 13.8. The van der Waals surface area contributed by atoms with Crippen LogP contribution in [0.4, 0.5) is 26.0 Å². The molecule has 3 rings (SSSR count). The summed E-state index contributed by atoms with van der Waals surface area (Å²) in [5.41, 5.74) is -0.786. The smallest absolute Gasteiger partial charge is 0.373 e. The predicted octanol–water partition coefficient (Wildman–Crippen LogP) is 4.21. The standard InChI is InChI=1S/C17H12F2N4O4/c1-26-11-3-5-12(6-4-11)27-17-15(23(24)25)16(20-9-21-17)22-14-7-2-10(18)8-13(14)19/h2-9H,1H3,(H,20,21,22). The molecule has 3 aromatic rings. The van der Waals surface area contributed by atoms with E-state index in [-0.39, 0.29) is 23.1 Å². The van der Waals surface area contributed by atoms with E-state index >= 15 is 0 Å². The van der Waals surface area contributed by atoms with Crippen molar-refractivity contribution in [3.8, 4) is 17.4 Å². The zero-order valence-corrected chi connectivity index (χ0v) is 13.8. The number of rotatable bonds is 6. The van der Waals surface area contributed by atoms with Crippen molar-refractivity contribution in [3.63, 3.8) is 0 Å². The molecular weight excluding hydrogens is 362 g/mol. The molecule has 0 fully saturated rings. The lowest BCUT2D eigenvalue weighted by molar-refractivity contribution is -0.385. The molecule has 0 aliphatic rings. The number of nitro groups is 1. The molecule has 0 radical (unpaired) electrons. The monoisotopic (exact) mass is 374 g/mol. The van der Waals surface area contributed by atoms with Gasteiger partial charge in [0.1, 0.15) is 29.5 Å². The molecule has 1 aromatic heterocycles. The summed E-state index contributed by atoms with van der Waals surface area (Å²) < 4.78 is 37.3. The van der Waals surface area contributed by atoms with Gasteiger partial charge in [-0.2, -0.15) is 4.98 Å². The maximum atomic E-state index is 13.8. The minimum absolute atomic E-state index is 0.186. The van der Waals surface area contributed by atoms with Gasteiger partial charge in [-0.1, -0.05) is 0 Å².